The predicted molar refractivity (Wildman–Crippen MR) is 73.7 cm³/mol. The third kappa shape index (κ3) is 3.98. The summed E-state index contributed by atoms with van der Waals surface area (Å²) < 4.78 is 5.95. The molecule has 1 aliphatic rings. The number of aromatic nitrogens is 1. The zero-order valence-electron chi connectivity index (χ0n) is 11.5. The smallest absolute Gasteiger partial charge is 0.142 e. The maximum Gasteiger partial charge on any atom is 0.142 e. The van der Waals surface area contributed by atoms with Gasteiger partial charge in [0.05, 0.1) is 12.3 Å². The summed E-state index contributed by atoms with van der Waals surface area (Å²) in [5, 5.41) is 3.39. The van der Waals surface area contributed by atoms with Gasteiger partial charge in [-0.3, -0.25) is 4.98 Å². The second kappa shape index (κ2) is 6.74. The van der Waals surface area contributed by atoms with E-state index in [0.717, 1.165) is 30.5 Å². The Balaban J connectivity index is 1.89. The Bertz CT molecular complexity index is 359. The Morgan fingerprint density at radius 1 is 1.39 bits per heavy atom. The number of hydrogen-bond donors (Lipinski definition) is 1. The molecule has 0 saturated heterocycles. The van der Waals surface area contributed by atoms with Crippen molar-refractivity contribution in [1.82, 2.24) is 10.3 Å². The van der Waals surface area contributed by atoms with E-state index >= 15 is 0 Å². The lowest BCUT2D eigenvalue weighted by atomic mass is 10.1. The van der Waals surface area contributed by atoms with Crippen LogP contribution < -0.4 is 10.1 Å². The molecule has 1 aromatic heterocycles. The Labute approximate surface area is 110 Å². The number of nitrogens with one attached hydrogen (secondary N) is 1. The van der Waals surface area contributed by atoms with Gasteiger partial charge in [0.15, 0.2) is 0 Å². The van der Waals surface area contributed by atoms with Gasteiger partial charge >= 0.3 is 0 Å². The van der Waals surface area contributed by atoms with Crippen LogP contribution in [-0.4, -0.2) is 17.6 Å². The Hall–Kier alpha value is -1.09. The van der Waals surface area contributed by atoms with Crippen molar-refractivity contribution in [3.8, 4) is 5.75 Å². The molecule has 1 aliphatic carbocycles. The molecule has 0 atom stereocenters. The quantitative estimate of drug-likeness (QED) is 0.839. The highest BCUT2D eigenvalue weighted by molar-refractivity contribution is 5.26. The maximum atomic E-state index is 5.95. The minimum absolute atomic E-state index is 0.467. The predicted octanol–water partition coefficient (Wildman–Crippen LogP) is 3.15. The first-order chi connectivity index (χ1) is 8.75. The summed E-state index contributed by atoms with van der Waals surface area (Å²) in [5.74, 6) is 1.69. The highest BCUT2D eigenvalue weighted by Gasteiger charge is 2.16. The van der Waals surface area contributed by atoms with Crippen LogP contribution in [0.25, 0.3) is 0 Å². The van der Waals surface area contributed by atoms with Crippen molar-refractivity contribution >= 4 is 0 Å². The summed E-state index contributed by atoms with van der Waals surface area (Å²) in [6.45, 7) is 5.91. The van der Waals surface area contributed by atoms with E-state index < -0.39 is 0 Å². The van der Waals surface area contributed by atoms with Crippen molar-refractivity contribution in [2.24, 2.45) is 5.92 Å². The van der Waals surface area contributed by atoms with Crippen LogP contribution in [0.15, 0.2) is 18.3 Å². The van der Waals surface area contributed by atoms with E-state index in [1.54, 1.807) is 0 Å². The van der Waals surface area contributed by atoms with Crippen LogP contribution in [0.3, 0.4) is 0 Å². The Kier molecular flexibility index (Phi) is 5.00. The summed E-state index contributed by atoms with van der Waals surface area (Å²) in [6, 6.07) is 4.44. The van der Waals surface area contributed by atoms with Crippen molar-refractivity contribution in [3.05, 3.63) is 24.0 Å². The van der Waals surface area contributed by atoms with Crippen molar-refractivity contribution < 1.29 is 4.74 Å². The van der Waals surface area contributed by atoms with Gasteiger partial charge in [0.25, 0.3) is 0 Å². The molecule has 0 bridgehead atoms. The zero-order chi connectivity index (χ0) is 12.8. The lowest BCUT2D eigenvalue weighted by Crippen LogP contribution is -2.23. The number of pyridine rings is 1. The summed E-state index contributed by atoms with van der Waals surface area (Å²) in [7, 11) is 0. The first-order valence-corrected chi connectivity index (χ1v) is 7.06. The zero-order valence-corrected chi connectivity index (χ0v) is 11.5. The average Bonchev–Trinajstić information content (AvgIpc) is 2.88. The van der Waals surface area contributed by atoms with E-state index in [1.807, 2.05) is 18.3 Å². The molecule has 1 saturated carbocycles. The van der Waals surface area contributed by atoms with Gasteiger partial charge in [-0.15, -0.1) is 0 Å². The number of nitrogens with zero attached hydrogens (tertiary/aromatic N) is 1. The van der Waals surface area contributed by atoms with Gasteiger partial charge in [0, 0.05) is 18.8 Å². The van der Waals surface area contributed by atoms with Crippen molar-refractivity contribution in [2.45, 2.75) is 52.1 Å². The molecule has 1 N–H and O–H groups in total. The molecule has 0 spiro atoms. The van der Waals surface area contributed by atoms with Crippen molar-refractivity contribution in [1.29, 1.82) is 0 Å². The van der Waals surface area contributed by atoms with E-state index in [2.05, 4.69) is 24.1 Å². The third-order valence-corrected chi connectivity index (χ3v) is 3.48. The fourth-order valence-corrected chi connectivity index (χ4v) is 2.37. The van der Waals surface area contributed by atoms with Gasteiger partial charge in [-0.05, 0) is 30.9 Å². The molecule has 0 aliphatic heterocycles. The lowest BCUT2D eigenvalue weighted by molar-refractivity contribution is 0.248. The molecular formula is C15H24N2O. The van der Waals surface area contributed by atoms with Gasteiger partial charge in [0.2, 0.25) is 0 Å². The Morgan fingerprint density at radius 2 is 2.17 bits per heavy atom. The molecule has 1 aromatic rings. The van der Waals surface area contributed by atoms with Gasteiger partial charge in [-0.1, -0.05) is 26.7 Å². The first kappa shape index (κ1) is 13.3. The minimum Gasteiger partial charge on any atom is -0.491 e. The van der Waals surface area contributed by atoms with Gasteiger partial charge in [-0.25, -0.2) is 0 Å². The van der Waals surface area contributed by atoms with Crippen molar-refractivity contribution in [3.63, 3.8) is 0 Å². The summed E-state index contributed by atoms with van der Waals surface area (Å²) in [6.07, 6.45) is 7.20. The molecule has 2 rings (SSSR count). The largest absolute Gasteiger partial charge is 0.491 e. The summed E-state index contributed by atoms with van der Waals surface area (Å²) in [4.78, 5) is 4.41. The van der Waals surface area contributed by atoms with Crippen LogP contribution in [0.2, 0.25) is 0 Å². The standard InChI is InChI=1S/C15H24N2O/c1-12(2)17-10-14-15(8-5-9-16-14)18-11-13-6-3-4-7-13/h5,8-9,12-13,17H,3-4,6-7,10-11H2,1-2H3. The van der Waals surface area contributed by atoms with Gasteiger partial charge < -0.3 is 10.1 Å². The molecule has 18 heavy (non-hydrogen) atoms. The highest BCUT2D eigenvalue weighted by Crippen LogP contribution is 2.26. The molecule has 3 nitrogen and oxygen atoms in total. The van der Waals surface area contributed by atoms with E-state index in [4.69, 9.17) is 4.74 Å². The second-order valence-electron chi connectivity index (χ2n) is 5.45. The number of rotatable bonds is 6. The maximum absolute atomic E-state index is 5.95. The normalized spacial score (nSPS) is 16.4. The monoisotopic (exact) mass is 248 g/mol. The average molecular weight is 248 g/mol. The third-order valence-electron chi connectivity index (χ3n) is 3.48. The minimum atomic E-state index is 0.467. The van der Waals surface area contributed by atoms with Crippen molar-refractivity contribution in [2.75, 3.05) is 6.61 Å². The topological polar surface area (TPSA) is 34.2 Å². The highest BCUT2D eigenvalue weighted by atomic mass is 16.5. The molecular weight excluding hydrogens is 224 g/mol. The molecule has 1 fully saturated rings. The molecule has 0 radical (unpaired) electrons. The van der Waals surface area contributed by atoms with Crippen LogP contribution in [0, 0.1) is 5.92 Å². The lowest BCUT2D eigenvalue weighted by Gasteiger charge is -2.15. The summed E-state index contributed by atoms with van der Waals surface area (Å²) >= 11 is 0. The SMILES string of the molecule is CC(C)NCc1ncccc1OCC1CCCC1. The molecule has 100 valence electrons. The van der Waals surface area contributed by atoms with Crippen LogP contribution >= 0.6 is 0 Å². The summed E-state index contributed by atoms with van der Waals surface area (Å²) in [5.41, 5.74) is 1.02. The number of ether oxygens (including phenoxy) is 1. The fourth-order valence-electron chi connectivity index (χ4n) is 2.37. The molecule has 0 amide bonds. The Morgan fingerprint density at radius 3 is 2.89 bits per heavy atom. The van der Waals surface area contributed by atoms with Gasteiger partial charge in [0.1, 0.15) is 5.75 Å². The number of hydrogen-bond acceptors (Lipinski definition) is 3. The first-order valence-electron chi connectivity index (χ1n) is 7.06. The molecule has 0 unspecified atom stereocenters. The molecule has 0 aromatic carbocycles. The van der Waals surface area contributed by atoms with Crippen LogP contribution in [-0.2, 0) is 6.54 Å². The molecule has 3 heteroatoms. The van der Waals surface area contributed by atoms with E-state index in [-0.39, 0.29) is 0 Å². The van der Waals surface area contributed by atoms with E-state index in [0.29, 0.717) is 6.04 Å². The van der Waals surface area contributed by atoms with E-state index in [1.165, 1.54) is 25.7 Å². The second-order valence-corrected chi connectivity index (χ2v) is 5.45. The van der Waals surface area contributed by atoms with Gasteiger partial charge in [-0.2, -0.15) is 0 Å². The van der Waals surface area contributed by atoms with Crippen LogP contribution in [0.1, 0.15) is 45.2 Å². The van der Waals surface area contributed by atoms with E-state index in [9.17, 15) is 0 Å². The fraction of sp³-hybridized carbons (Fsp3) is 0.667. The molecule has 1 heterocycles. The van der Waals surface area contributed by atoms with Crippen LogP contribution in [0.5, 0.6) is 5.75 Å². The van der Waals surface area contributed by atoms with Crippen LogP contribution in [0.4, 0.5) is 0 Å².